The molecule has 0 bridgehead atoms. The van der Waals surface area contributed by atoms with E-state index in [1.807, 2.05) is 4.90 Å². The van der Waals surface area contributed by atoms with Crippen molar-refractivity contribution in [1.82, 2.24) is 9.80 Å². The van der Waals surface area contributed by atoms with Gasteiger partial charge in [-0.3, -0.25) is 24.4 Å². The molecule has 0 aliphatic carbocycles. The Morgan fingerprint density at radius 1 is 0.941 bits per heavy atom. The minimum atomic E-state index is -4.16. The normalized spacial score (nSPS) is 16.9. The zero-order chi connectivity index (χ0) is 24.3. The van der Waals surface area contributed by atoms with Crippen molar-refractivity contribution in [2.75, 3.05) is 30.9 Å². The Hall–Kier alpha value is -3.47. The molecule has 2 aromatic carbocycles. The van der Waals surface area contributed by atoms with Crippen molar-refractivity contribution >= 4 is 33.2 Å². The zero-order valence-corrected chi connectivity index (χ0v) is 19.4. The maximum atomic E-state index is 13.2. The molecule has 0 aromatic heterocycles. The number of piperidine rings is 1. The number of nitrogens with one attached hydrogen (secondary N) is 1. The van der Waals surface area contributed by atoms with E-state index in [0.29, 0.717) is 25.9 Å². The number of carbonyl (C=O) groups is 2. The fourth-order valence-corrected chi connectivity index (χ4v) is 5.54. The topological polar surface area (TPSA) is 130 Å². The number of hydrogen-bond donors (Lipinski definition) is 1. The number of non-ortho nitro benzene ring substituents is 1. The Kier molecular flexibility index (Phi) is 6.82. The van der Waals surface area contributed by atoms with Gasteiger partial charge in [0.05, 0.1) is 21.1 Å². The predicted molar refractivity (Wildman–Crippen MR) is 125 cm³/mol. The third-order valence-corrected chi connectivity index (χ3v) is 7.65. The lowest BCUT2D eigenvalue weighted by atomic mass is 9.94. The first-order valence-electron chi connectivity index (χ1n) is 11.2. The molecule has 2 heterocycles. The molecule has 4 rings (SSSR count). The summed E-state index contributed by atoms with van der Waals surface area (Å²) in [6, 6.07) is 11.0. The molecule has 2 amide bonds. The van der Waals surface area contributed by atoms with Crippen molar-refractivity contribution in [3.8, 4) is 0 Å². The highest BCUT2D eigenvalue weighted by Gasteiger charge is 2.32. The number of hydrogen-bond acceptors (Lipinski definition) is 6. The number of benzene rings is 2. The lowest BCUT2D eigenvalue weighted by Crippen LogP contribution is -2.44. The summed E-state index contributed by atoms with van der Waals surface area (Å²) in [7, 11) is -4.16. The highest BCUT2D eigenvalue weighted by molar-refractivity contribution is 7.92. The van der Waals surface area contributed by atoms with Crippen molar-refractivity contribution in [3.63, 3.8) is 0 Å². The number of sulfonamides is 1. The van der Waals surface area contributed by atoms with Crippen LogP contribution in [0.25, 0.3) is 0 Å². The summed E-state index contributed by atoms with van der Waals surface area (Å²) < 4.78 is 28.1. The first kappa shape index (κ1) is 23.7. The number of nitro benzene ring substituents is 1. The molecule has 2 fully saturated rings. The van der Waals surface area contributed by atoms with Gasteiger partial charge < -0.3 is 9.80 Å². The van der Waals surface area contributed by atoms with Gasteiger partial charge in [0.25, 0.3) is 21.6 Å². The maximum absolute atomic E-state index is 13.2. The van der Waals surface area contributed by atoms with Crippen molar-refractivity contribution in [1.29, 1.82) is 0 Å². The Morgan fingerprint density at radius 2 is 1.62 bits per heavy atom. The molecule has 0 radical (unpaired) electrons. The molecular formula is C23H26N4O6S. The van der Waals surface area contributed by atoms with E-state index < -0.39 is 14.9 Å². The molecule has 11 heteroatoms. The Labute approximate surface area is 197 Å². The molecule has 0 saturated carbocycles. The second-order valence-electron chi connectivity index (χ2n) is 8.50. The fourth-order valence-electron chi connectivity index (χ4n) is 4.42. The standard InChI is InChI=1S/C23H26N4O6S/c28-22(25-12-3-4-13-25)17-10-14-26(15-11-17)23(29)20-8-1-2-9-21(20)24-34(32,33)19-7-5-6-18(16-19)27(30)31/h1-2,5-9,16-17,24H,3-4,10-15H2. The van der Waals surface area contributed by atoms with Crippen LogP contribution in [0, 0.1) is 16.0 Å². The molecule has 10 nitrogen and oxygen atoms in total. The van der Waals surface area contributed by atoms with Crippen LogP contribution in [-0.2, 0) is 14.8 Å². The van der Waals surface area contributed by atoms with Crippen LogP contribution in [0.15, 0.2) is 53.4 Å². The molecule has 0 spiro atoms. The summed E-state index contributed by atoms with van der Waals surface area (Å²) in [5.41, 5.74) is -0.0753. The van der Waals surface area contributed by atoms with E-state index in [-0.39, 0.29) is 39.6 Å². The molecule has 0 atom stereocenters. The van der Waals surface area contributed by atoms with E-state index in [9.17, 15) is 28.1 Å². The third-order valence-electron chi connectivity index (χ3n) is 6.29. The van der Waals surface area contributed by atoms with Gasteiger partial charge in [-0.15, -0.1) is 0 Å². The first-order valence-corrected chi connectivity index (χ1v) is 12.7. The molecule has 2 aliphatic heterocycles. The second kappa shape index (κ2) is 9.80. The van der Waals surface area contributed by atoms with E-state index in [4.69, 9.17) is 0 Å². The summed E-state index contributed by atoms with van der Waals surface area (Å²) in [5, 5.41) is 11.0. The number of likely N-dealkylation sites (tertiary alicyclic amines) is 2. The van der Waals surface area contributed by atoms with Crippen molar-refractivity contribution in [2.45, 2.75) is 30.6 Å². The summed E-state index contributed by atoms with van der Waals surface area (Å²) in [5.74, 6) is -0.260. The molecule has 1 N–H and O–H groups in total. The molecule has 34 heavy (non-hydrogen) atoms. The van der Waals surface area contributed by atoms with Gasteiger partial charge >= 0.3 is 0 Å². The molecule has 2 aliphatic rings. The minimum absolute atomic E-state index is 0.0919. The van der Waals surface area contributed by atoms with Gasteiger partial charge in [0.2, 0.25) is 5.91 Å². The lowest BCUT2D eigenvalue weighted by Gasteiger charge is -2.33. The van der Waals surface area contributed by atoms with Crippen LogP contribution in [0.4, 0.5) is 11.4 Å². The maximum Gasteiger partial charge on any atom is 0.270 e. The Bertz CT molecular complexity index is 1200. The highest BCUT2D eigenvalue weighted by Crippen LogP contribution is 2.27. The van der Waals surface area contributed by atoms with Gasteiger partial charge in [0, 0.05) is 44.2 Å². The number of amides is 2. The second-order valence-corrected chi connectivity index (χ2v) is 10.2. The first-order chi connectivity index (χ1) is 16.3. The van der Waals surface area contributed by atoms with Crippen LogP contribution < -0.4 is 4.72 Å². The van der Waals surface area contributed by atoms with Gasteiger partial charge in [-0.1, -0.05) is 18.2 Å². The van der Waals surface area contributed by atoms with E-state index in [1.165, 1.54) is 30.3 Å². The SMILES string of the molecule is O=C(c1ccccc1NS(=O)(=O)c1cccc([N+](=O)[O-])c1)N1CCC(C(=O)N2CCCC2)CC1. The number of rotatable bonds is 6. The number of nitrogens with zero attached hydrogens (tertiary/aromatic N) is 3. The monoisotopic (exact) mass is 486 g/mol. The van der Waals surface area contributed by atoms with Crippen LogP contribution in [0.2, 0.25) is 0 Å². The predicted octanol–water partition coefficient (Wildman–Crippen LogP) is 2.87. The zero-order valence-electron chi connectivity index (χ0n) is 18.6. The van der Waals surface area contributed by atoms with Crippen molar-refractivity contribution in [2.24, 2.45) is 5.92 Å². The van der Waals surface area contributed by atoms with Crippen molar-refractivity contribution in [3.05, 3.63) is 64.2 Å². The van der Waals surface area contributed by atoms with Crippen LogP contribution in [-0.4, -0.2) is 61.1 Å². The van der Waals surface area contributed by atoms with Crippen LogP contribution in [0.3, 0.4) is 0 Å². The van der Waals surface area contributed by atoms with Crippen LogP contribution in [0.5, 0.6) is 0 Å². The summed E-state index contributed by atoms with van der Waals surface area (Å²) in [6.45, 7) is 2.43. The van der Waals surface area contributed by atoms with Gasteiger partial charge in [-0.05, 0) is 43.9 Å². The quantitative estimate of drug-likeness (QED) is 0.494. The summed E-state index contributed by atoms with van der Waals surface area (Å²) >= 11 is 0. The molecule has 180 valence electrons. The Morgan fingerprint density at radius 3 is 2.29 bits per heavy atom. The summed E-state index contributed by atoms with van der Waals surface area (Å²) in [6.07, 6.45) is 3.21. The van der Waals surface area contributed by atoms with E-state index in [2.05, 4.69) is 4.72 Å². The van der Waals surface area contributed by atoms with E-state index in [0.717, 1.165) is 32.0 Å². The van der Waals surface area contributed by atoms with Gasteiger partial charge in [0.1, 0.15) is 0 Å². The smallest absolute Gasteiger partial charge is 0.270 e. The highest BCUT2D eigenvalue weighted by atomic mass is 32.2. The molecule has 0 unspecified atom stereocenters. The lowest BCUT2D eigenvalue weighted by molar-refractivity contribution is -0.385. The average Bonchev–Trinajstić information content (AvgIpc) is 3.38. The fraction of sp³-hybridized carbons (Fsp3) is 0.391. The molecular weight excluding hydrogens is 460 g/mol. The molecule has 2 aromatic rings. The summed E-state index contributed by atoms with van der Waals surface area (Å²) in [4.78, 5) is 39.5. The Balaban J connectivity index is 1.47. The van der Waals surface area contributed by atoms with Gasteiger partial charge in [-0.2, -0.15) is 0 Å². The van der Waals surface area contributed by atoms with Crippen molar-refractivity contribution < 1.29 is 22.9 Å². The van der Waals surface area contributed by atoms with E-state index in [1.54, 1.807) is 17.0 Å². The minimum Gasteiger partial charge on any atom is -0.342 e. The molecule has 2 saturated heterocycles. The average molecular weight is 487 g/mol. The number of para-hydroxylation sites is 1. The van der Waals surface area contributed by atoms with Crippen LogP contribution >= 0.6 is 0 Å². The number of anilines is 1. The number of nitro groups is 1. The third kappa shape index (κ3) is 5.04. The van der Waals surface area contributed by atoms with Gasteiger partial charge in [-0.25, -0.2) is 8.42 Å². The van der Waals surface area contributed by atoms with Crippen LogP contribution in [0.1, 0.15) is 36.0 Å². The van der Waals surface area contributed by atoms with E-state index >= 15 is 0 Å². The largest absolute Gasteiger partial charge is 0.342 e. The van der Waals surface area contributed by atoms with Gasteiger partial charge in [0.15, 0.2) is 0 Å². The number of carbonyl (C=O) groups excluding carboxylic acids is 2.